The molecule has 0 saturated heterocycles. The first-order valence-electron chi connectivity index (χ1n) is 4.79. The predicted octanol–water partition coefficient (Wildman–Crippen LogP) is 4.03. The monoisotopic (exact) mass is 268 g/mol. The van der Waals surface area contributed by atoms with Gasteiger partial charge >= 0.3 is 0 Å². The molecule has 0 saturated carbocycles. The number of hydrogen-bond acceptors (Lipinski definition) is 2. The first-order chi connectivity index (χ1) is 8.16. The highest BCUT2D eigenvalue weighted by Gasteiger charge is 2.12. The number of imidazole rings is 1. The maximum absolute atomic E-state index is 13.6. The molecule has 2 nitrogen and oxygen atoms in total. The Kier molecular flexibility index (Phi) is 2.34. The lowest BCUT2D eigenvalue weighted by molar-refractivity contribution is 0.590. The van der Waals surface area contributed by atoms with Gasteiger partial charge in [0.1, 0.15) is 11.3 Å². The summed E-state index contributed by atoms with van der Waals surface area (Å²) in [5, 5.41) is 3.75. The van der Waals surface area contributed by atoms with E-state index in [1.165, 1.54) is 17.4 Å². The van der Waals surface area contributed by atoms with Gasteiger partial charge in [-0.05, 0) is 23.7 Å². The second-order valence-electron chi connectivity index (χ2n) is 3.53. The molecule has 17 heavy (non-hydrogen) atoms. The van der Waals surface area contributed by atoms with Crippen molar-refractivity contribution in [1.29, 1.82) is 0 Å². The molecule has 3 rings (SSSR count). The standard InChI is InChI=1S/C11H6F2N2S2/c12-6-3-8(13)10-9(4-6)15(11(16)14-10)7-1-2-17-5-7/h1-5H,(H,14,16). The summed E-state index contributed by atoms with van der Waals surface area (Å²) in [7, 11) is 0. The van der Waals surface area contributed by atoms with Crippen LogP contribution in [0.25, 0.3) is 16.7 Å². The van der Waals surface area contributed by atoms with Gasteiger partial charge in [0.05, 0.1) is 11.2 Å². The summed E-state index contributed by atoms with van der Waals surface area (Å²) in [6.07, 6.45) is 0. The number of H-pyrrole nitrogens is 1. The molecule has 0 amide bonds. The minimum atomic E-state index is -0.639. The fraction of sp³-hybridized carbons (Fsp3) is 0. The van der Waals surface area contributed by atoms with Crippen molar-refractivity contribution in [2.24, 2.45) is 0 Å². The summed E-state index contributed by atoms with van der Waals surface area (Å²) in [6.45, 7) is 0. The van der Waals surface area contributed by atoms with E-state index in [9.17, 15) is 8.78 Å². The van der Waals surface area contributed by atoms with Gasteiger partial charge < -0.3 is 4.98 Å². The van der Waals surface area contributed by atoms with E-state index >= 15 is 0 Å². The van der Waals surface area contributed by atoms with Crippen LogP contribution in [0.4, 0.5) is 8.78 Å². The van der Waals surface area contributed by atoms with Crippen LogP contribution < -0.4 is 0 Å². The molecule has 0 aliphatic carbocycles. The number of nitrogens with zero attached hydrogens (tertiary/aromatic N) is 1. The van der Waals surface area contributed by atoms with E-state index in [4.69, 9.17) is 12.2 Å². The normalized spacial score (nSPS) is 11.2. The maximum atomic E-state index is 13.6. The molecule has 0 bridgehead atoms. The number of hydrogen-bond donors (Lipinski definition) is 1. The van der Waals surface area contributed by atoms with Crippen LogP contribution in [0.1, 0.15) is 0 Å². The number of fused-ring (bicyclic) bond motifs is 1. The van der Waals surface area contributed by atoms with E-state index in [-0.39, 0.29) is 5.52 Å². The zero-order valence-corrected chi connectivity index (χ0v) is 10.0. The highest BCUT2D eigenvalue weighted by Crippen LogP contribution is 2.24. The summed E-state index contributed by atoms with van der Waals surface area (Å²) in [4.78, 5) is 2.75. The molecular formula is C11H6F2N2S2. The van der Waals surface area contributed by atoms with Gasteiger partial charge in [-0.1, -0.05) is 0 Å². The Labute approximate surface area is 104 Å². The zero-order chi connectivity index (χ0) is 12.0. The molecule has 0 unspecified atom stereocenters. The Morgan fingerprint density at radius 2 is 2.12 bits per heavy atom. The molecule has 0 atom stereocenters. The van der Waals surface area contributed by atoms with Gasteiger partial charge in [-0.2, -0.15) is 11.3 Å². The van der Waals surface area contributed by atoms with Crippen molar-refractivity contribution in [2.75, 3.05) is 0 Å². The zero-order valence-electron chi connectivity index (χ0n) is 8.41. The molecule has 86 valence electrons. The number of aromatic nitrogens is 2. The first-order valence-corrected chi connectivity index (χ1v) is 6.14. The summed E-state index contributed by atoms with van der Waals surface area (Å²) < 4.78 is 28.8. The Bertz CT molecular complexity index is 741. The Morgan fingerprint density at radius 3 is 2.82 bits per heavy atom. The van der Waals surface area contributed by atoms with Crippen molar-refractivity contribution in [3.05, 3.63) is 45.4 Å². The van der Waals surface area contributed by atoms with E-state index in [2.05, 4.69) is 4.98 Å². The lowest BCUT2D eigenvalue weighted by Crippen LogP contribution is -1.92. The third-order valence-corrected chi connectivity index (χ3v) is 3.43. The molecular weight excluding hydrogens is 262 g/mol. The van der Waals surface area contributed by atoms with Gasteiger partial charge in [0.2, 0.25) is 0 Å². The van der Waals surface area contributed by atoms with Crippen molar-refractivity contribution in [3.8, 4) is 5.69 Å². The maximum Gasteiger partial charge on any atom is 0.182 e. The molecule has 1 N–H and O–H groups in total. The van der Waals surface area contributed by atoms with Crippen LogP contribution in [0, 0.1) is 16.4 Å². The van der Waals surface area contributed by atoms with E-state index in [1.54, 1.807) is 4.57 Å². The first kappa shape index (κ1) is 10.6. The second-order valence-corrected chi connectivity index (χ2v) is 4.70. The fourth-order valence-corrected chi connectivity index (χ4v) is 2.70. The summed E-state index contributed by atoms with van der Waals surface area (Å²) in [6, 6.07) is 3.95. The smallest absolute Gasteiger partial charge is 0.182 e. The number of nitrogens with one attached hydrogen (secondary N) is 1. The quantitative estimate of drug-likeness (QED) is 0.661. The Morgan fingerprint density at radius 1 is 1.29 bits per heavy atom. The lowest BCUT2D eigenvalue weighted by atomic mass is 10.3. The number of rotatable bonds is 1. The number of aromatic amines is 1. The molecule has 3 aromatic rings. The number of thiophene rings is 1. The SMILES string of the molecule is Fc1cc(F)c2[nH]c(=S)n(-c3ccsc3)c2c1. The van der Waals surface area contributed by atoms with Gasteiger partial charge in [-0.15, -0.1) is 0 Å². The molecule has 2 aromatic heterocycles. The van der Waals surface area contributed by atoms with E-state index in [1.807, 2.05) is 16.8 Å². The van der Waals surface area contributed by atoms with Gasteiger partial charge in [0.25, 0.3) is 0 Å². The van der Waals surface area contributed by atoms with E-state index < -0.39 is 11.6 Å². The van der Waals surface area contributed by atoms with Crippen molar-refractivity contribution in [3.63, 3.8) is 0 Å². The Balaban J connectivity index is 2.47. The molecule has 0 spiro atoms. The van der Waals surface area contributed by atoms with Gasteiger partial charge in [-0.25, -0.2) is 8.78 Å². The van der Waals surface area contributed by atoms with Crippen LogP contribution in [-0.2, 0) is 0 Å². The highest BCUT2D eigenvalue weighted by atomic mass is 32.1. The highest BCUT2D eigenvalue weighted by molar-refractivity contribution is 7.71. The summed E-state index contributed by atoms with van der Waals surface area (Å²) >= 11 is 6.62. The molecule has 0 aliphatic rings. The van der Waals surface area contributed by atoms with E-state index in [0.29, 0.717) is 10.3 Å². The molecule has 0 aliphatic heterocycles. The van der Waals surface area contributed by atoms with Crippen LogP contribution in [0.2, 0.25) is 0 Å². The molecule has 1 aromatic carbocycles. The van der Waals surface area contributed by atoms with Gasteiger partial charge in [-0.3, -0.25) is 4.57 Å². The predicted molar refractivity (Wildman–Crippen MR) is 66.3 cm³/mol. The molecule has 6 heteroatoms. The molecule has 0 fully saturated rings. The van der Waals surface area contributed by atoms with Crippen molar-refractivity contribution in [2.45, 2.75) is 0 Å². The Hall–Kier alpha value is -1.53. The number of benzene rings is 1. The third kappa shape index (κ3) is 1.60. The number of halogens is 2. The van der Waals surface area contributed by atoms with Crippen LogP contribution >= 0.6 is 23.6 Å². The van der Waals surface area contributed by atoms with Crippen LogP contribution in [-0.4, -0.2) is 9.55 Å². The molecule has 0 radical (unpaired) electrons. The van der Waals surface area contributed by atoms with Gasteiger partial charge in [0, 0.05) is 17.5 Å². The van der Waals surface area contributed by atoms with Crippen LogP contribution in [0.15, 0.2) is 29.0 Å². The van der Waals surface area contributed by atoms with Crippen molar-refractivity contribution >= 4 is 34.6 Å². The topological polar surface area (TPSA) is 20.7 Å². The average Bonchev–Trinajstić information content (AvgIpc) is 2.84. The third-order valence-electron chi connectivity index (χ3n) is 2.47. The fourth-order valence-electron chi connectivity index (χ4n) is 1.77. The van der Waals surface area contributed by atoms with Crippen LogP contribution in [0.3, 0.4) is 0 Å². The second kappa shape index (κ2) is 3.75. The molecule has 2 heterocycles. The summed E-state index contributed by atoms with van der Waals surface area (Å²) in [5.74, 6) is -1.26. The largest absolute Gasteiger partial charge is 0.328 e. The minimum Gasteiger partial charge on any atom is -0.328 e. The lowest BCUT2D eigenvalue weighted by Gasteiger charge is -2.01. The van der Waals surface area contributed by atoms with Gasteiger partial charge in [0.15, 0.2) is 10.6 Å². The average molecular weight is 268 g/mol. The summed E-state index contributed by atoms with van der Waals surface area (Å²) in [5.41, 5.74) is 1.43. The van der Waals surface area contributed by atoms with Crippen LogP contribution in [0.5, 0.6) is 0 Å². The minimum absolute atomic E-state index is 0.225. The van der Waals surface area contributed by atoms with Crippen molar-refractivity contribution in [1.82, 2.24) is 9.55 Å². The van der Waals surface area contributed by atoms with E-state index in [0.717, 1.165) is 11.8 Å². The van der Waals surface area contributed by atoms with Crippen molar-refractivity contribution < 1.29 is 8.78 Å².